The van der Waals surface area contributed by atoms with Gasteiger partial charge in [-0.1, -0.05) is 61.1 Å². The molecule has 31 heavy (non-hydrogen) atoms. The molecular formula is C25H21N3OS2. The average molecular weight is 444 g/mol. The van der Waals surface area contributed by atoms with E-state index in [4.69, 9.17) is 9.97 Å². The van der Waals surface area contributed by atoms with Gasteiger partial charge in [-0.25, -0.2) is 9.97 Å². The van der Waals surface area contributed by atoms with Crippen molar-refractivity contribution in [2.45, 2.75) is 19.8 Å². The highest BCUT2D eigenvalue weighted by Crippen LogP contribution is 2.33. The van der Waals surface area contributed by atoms with E-state index in [0.717, 1.165) is 49.7 Å². The maximum Gasteiger partial charge on any atom is 0.260 e. The van der Waals surface area contributed by atoms with Crippen LogP contribution in [0.2, 0.25) is 0 Å². The van der Waals surface area contributed by atoms with Gasteiger partial charge in [0.1, 0.15) is 0 Å². The smallest absolute Gasteiger partial charge is 0.260 e. The van der Waals surface area contributed by atoms with E-state index in [1.165, 1.54) is 0 Å². The minimum Gasteiger partial charge on any atom is -0.284 e. The van der Waals surface area contributed by atoms with Crippen molar-refractivity contribution in [2.24, 2.45) is 0 Å². The summed E-state index contributed by atoms with van der Waals surface area (Å²) in [6.07, 6.45) is 1.93. The highest BCUT2D eigenvalue weighted by molar-refractivity contribution is 7.22. The fourth-order valence-corrected chi connectivity index (χ4v) is 5.30. The third-order valence-electron chi connectivity index (χ3n) is 5.21. The molecule has 0 unspecified atom stereocenters. The standard InChI is InChI=1S/C25H21N3OS2/c1-2-3-14-28(25-27-20-11-6-7-12-23(20)31-25)24(29)18-16-21(22-13-8-15-30-22)26-19-10-5-4-9-17(18)19/h4-13,15-16H,2-3,14H2,1H3. The van der Waals surface area contributed by atoms with Crippen LogP contribution in [-0.2, 0) is 0 Å². The van der Waals surface area contributed by atoms with Crippen LogP contribution in [-0.4, -0.2) is 22.4 Å². The van der Waals surface area contributed by atoms with Crippen LogP contribution in [0.1, 0.15) is 30.1 Å². The maximum atomic E-state index is 13.9. The quantitative estimate of drug-likeness (QED) is 0.283. The minimum absolute atomic E-state index is 0.0242. The number of unbranched alkanes of at least 4 members (excludes halogenated alkanes) is 1. The highest BCUT2D eigenvalue weighted by atomic mass is 32.1. The molecule has 0 fully saturated rings. The lowest BCUT2D eigenvalue weighted by atomic mass is 10.1. The van der Waals surface area contributed by atoms with E-state index in [1.54, 1.807) is 22.7 Å². The lowest BCUT2D eigenvalue weighted by molar-refractivity contribution is 0.0988. The first kappa shape index (κ1) is 19.8. The Morgan fingerprint density at radius 2 is 1.77 bits per heavy atom. The zero-order chi connectivity index (χ0) is 21.2. The van der Waals surface area contributed by atoms with Crippen LogP contribution >= 0.6 is 22.7 Å². The van der Waals surface area contributed by atoms with Crippen LogP contribution in [0.15, 0.2) is 72.1 Å². The zero-order valence-electron chi connectivity index (χ0n) is 17.1. The Bertz CT molecular complexity index is 1330. The second kappa shape index (κ2) is 8.57. The van der Waals surface area contributed by atoms with Gasteiger partial charge in [0, 0.05) is 11.9 Å². The van der Waals surface area contributed by atoms with Crippen molar-refractivity contribution in [1.82, 2.24) is 9.97 Å². The molecule has 5 aromatic rings. The molecule has 3 aromatic heterocycles. The number of anilines is 1. The van der Waals surface area contributed by atoms with Crippen LogP contribution in [0.3, 0.4) is 0 Å². The van der Waals surface area contributed by atoms with Gasteiger partial charge < -0.3 is 0 Å². The summed E-state index contributed by atoms with van der Waals surface area (Å²) >= 11 is 3.20. The van der Waals surface area contributed by atoms with Crippen molar-refractivity contribution in [3.8, 4) is 10.6 Å². The van der Waals surface area contributed by atoms with Crippen LogP contribution in [0.5, 0.6) is 0 Å². The molecule has 5 rings (SSSR count). The molecule has 0 N–H and O–H groups in total. The monoisotopic (exact) mass is 443 g/mol. The molecule has 154 valence electrons. The van der Waals surface area contributed by atoms with Crippen molar-refractivity contribution in [2.75, 3.05) is 11.4 Å². The zero-order valence-corrected chi connectivity index (χ0v) is 18.7. The number of amides is 1. The van der Waals surface area contributed by atoms with Crippen LogP contribution in [0.25, 0.3) is 31.7 Å². The summed E-state index contributed by atoms with van der Waals surface area (Å²) in [5.41, 5.74) is 3.26. The Balaban J connectivity index is 1.65. The molecule has 3 heterocycles. The summed E-state index contributed by atoms with van der Waals surface area (Å²) in [5.74, 6) is -0.0242. The van der Waals surface area contributed by atoms with Gasteiger partial charge in [0.2, 0.25) is 0 Å². The van der Waals surface area contributed by atoms with Crippen molar-refractivity contribution in [3.05, 3.63) is 77.7 Å². The Labute approximate surface area is 188 Å². The van der Waals surface area contributed by atoms with E-state index < -0.39 is 0 Å². The van der Waals surface area contributed by atoms with E-state index in [1.807, 2.05) is 70.9 Å². The molecule has 6 heteroatoms. The number of fused-ring (bicyclic) bond motifs is 2. The minimum atomic E-state index is -0.0242. The molecule has 2 aromatic carbocycles. The molecule has 0 radical (unpaired) electrons. The average Bonchev–Trinajstić information content (AvgIpc) is 3.48. The SMILES string of the molecule is CCCCN(C(=O)c1cc(-c2cccs2)nc2ccccc12)c1nc2ccccc2s1. The number of carbonyl (C=O) groups is 1. The second-order valence-electron chi connectivity index (χ2n) is 7.32. The van der Waals surface area contributed by atoms with Gasteiger partial charge in [0.05, 0.1) is 31.9 Å². The Hall–Kier alpha value is -3.09. The van der Waals surface area contributed by atoms with E-state index in [0.29, 0.717) is 12.1 Å². The number of carbonyl (C=O) groups excluding carboxylic acids is 1. The number of thiazole rings is 1. The number of para-hydroxylation sites is 2. The number of thiophene rings is 1. The van der Waals surface area contributed by atoms with Gasteiger partial charge >= 0.3 is 0 Å². The van der Waals surface area contributed by atoms with Crippen molar-refractivity contribution >= 4 is 54.8 Å². The van der Waals surface area contributed by atoms with Crippen LogP contribution < -0.4 is 4.90 Å². The molecule has 0 atom stereocenters. The van der Waals surface area contributed by atoms with Gasteiger partial charge in [-0.3, -0.25) is 9.69 Å². The number of hydrogen-bond acceptors (Lipinski definition) is 5. The Morgan fingerprint density at radius 3 is 2.55 bits per heavy atom. The first-order valence-electron chi connectivity index (χ1n) is 10.4. The summed E-state index contributed by atoms with van der Waals surface area (Å²) in [7, 11) is 0. The molecule has 0 bridgehead atoms. The lowest BCUT2D eigenvalue weighted by Gasteiger charge is -2.21. The van der Waals surface area contributed by atoms with E-state index in [9.17, 15) is 4.79 Å². The third-order valence-corrected chi connectivity index (χ3v) is 7.17. The number of rotatable bonds is 6. The molecule has 0 saturated heterocycles. The Morgan fingerprint density at radius 1 is 0.968 bits per heavy atom. The van der Waals surface area contributed by atoms with Gasteiger partial charge in [0.15, 0.2) is 5.13 Å². The fraction of sp³-hybridized carbons (Fsp3) is 0.160. The second-order valence-corrected chi connectivity index (χ2v) is 9.28. The summed E-state index contributed by atoms with van der Waals surface area (Å²) in [4.78, 5) is 26.4. The van der Waals surface area contributed by atoms with E-state index in [-0.39, 0.29) is 5.91 Å². The summed E-state index contributed by atoms with van der Waals surface area (Å²) < 4.78 is 1.09. The third kappa shape index (κ3) is 3.84. The van der Waals surface area contributed by atoms with E-state index in [2.05, 4.69) is 13.0 Å². The molecule has 4 nitrogen and oxygen atoms in total. The predicted octanol–water partition coefficient (Wildman–Crippen LogP) is 7.02. The van der Waals surface area contributed by atoms with Crippen molar-refractivity contribution in [1.29, 1.82) is 0 Å². The summed E-state index contributed by atoms with van der Waals surface area (Å²) in [5, 5.41) is 3.65. The number of benzene rings is 2. The number of hydrogen-bond donors (Lipinski definition) is 0. The predicted molar refractivity (Wildman–Crippen MR) is 131 cm³/mol. The largest absolute Gasteiger partial charge is 0.284 e. The first-order chi connectivity index (χ1) is 15.2. The molecule has 0 aliphatic heterocycles. The van der Waals surface area contributed by atoms with Crippen molar-refractivity contribution < 1.29 is 4.79 Å². The van der Waals surface area contributed by atoms with Gasteiger partial charge in [-0.2, -0.15) is 0 Å². The van der Waals surface area contributed by atoms with Crippen LogP contribution in [0, 0.1) is 0 Å². The van der Waals surface area contributed by atoms with Gasteiger partial charge in [-0.15, -0.1) is 11.3 Å². The lowest BCUT2D eigenvalue weighted by Crippen LogP contribution is -2.32. The number of pyridine rings is 1. The molecule has 0 saturated carbocycles. The molecular weight excluding hydrogens is 422 g/mol. The summed E-state index contributed by atoms with van der Waals surface area (Å²) in [6.45, 7) is 2.78. The first-order valence-corrected chi connectivity index (χ1v) is 12.1. The van der Waals surface area contributed by atoms with Crippen LogP contribution in [0.4, 0.5) is 5.13 Å². The Kier molecular flexibility index (Phi) is 5.49. The summed E-state index contributed by atoms with van der Waals surface area (Å²) in [6, 6.07) is 21.9. The number of nitrogens with zero attached hydrogens (tertiary/aromatic N) is 3. The topological polar surface area (TPSA) is 46.1 Å². The fourth-order valence-electron chi connectivity index (χ4n) is 3.62. The normalized spacial score (nSPS) is 11.3. The van der Waals surface area contributed by atoms with Gasteiger partial charge in [-0.05, 0) is 42.1 Å². The maximum absolute atomic E-state index is 13.9. The molecule has 0 aliphatic rings. The molecule has 1 amide bonds. The highest BCUT2D eigenvalue weighted by Gasteiger charge is 2.24. The van der Waals surface area contributed by atoms with E-state index >= 15 is 0 Å². The molecule has 0 aliphatic carbocycles. The van der Waals surface area contributed by atoms with Crippen molar-refractivity contribution in [3.63, 3.8) is 0 Å². The van der Waals surface area contributed by atoms with Gasteiger partial charge in [0.25, 0.3) is 5.91 Å². The number of aromatic nitrogens is 2. The molecule has 0 spiro atoms.